The molecule has 5 aromatic rings. The van der Waals surface area contributed by atoms with Crippen molar-refractivity contribution >= 4 is 39.4 Å². The quantitative estimate of drug-likeness (QED) is 0.369. The Kier molecular flexibility index (Phi) is 4.87. The Morgan fingerprint density at radius 1 is 1.13 bits per heavy atom. The van der Waals surface area contributed by atoms with Crippen molar-refractivity contribution in [1.82, 2.24) is 24.5 Å². The Labute approximate surface area is 179 Å². The zero-order valence-corrected chi connectivity index (χ0v) is 17.4. The number of aromatic amines is 1. The SMILES string of the molecule is COc1ccc2[nH]cc(CCNc3nccc(Nc4cccc5c4ncn5C)n3)c2c1. The first-order chi connectivity index (χ1) is 15.2. The van der Waals surface area contributed by atoms with Crippen LogP contribution >= 0.6 is 0 Å². The number of nitrogens with zero attached hydrogens (tertiary/aromatic N) is 4. The van der Waals surface area contributed by atoms with Crippen molar-refractivity contribution in [2.45, 2.75) is 6.42 Å². The maximum Gasteiger partial charge on any atom is 0.224 e. The summed E-state index contributed by atoms with van der Waals surface area (Å²) in [5.41, 5.74) is 5.20. The molecule has 0 aliphatic rings. The van der Waals surface area contributed by atoms with Crippen LogP contribution in [0.1, 0.15) is 5.56 Å². The van der Waals surface area contributed by atoms with E-state index in [4.69, 9.17) is 4.74 Å². The fourth-order valence-electron chi connectivity index (χ4n) is 3.71. The van der Waals surface area contributed by atoms with Gasteiger partial charge < -0.3 is 24.9 Å². The summed E-state index contributed by atoms with van der Waals surface area (Å²) in [6, 6.07) is 13.9. The van der Waals surface area contributed by atoms with E-state index in [0.717, 1.165) is 34.4 Å². The summed E-state index contributed by atoms with van der Waals surface area (Å²) in [5, 5.41) is 7.84. The van der Waals surface area contributed by atoms with Gasteiger partial charge in [0.1, 0.15) is 17.1 Å². The van der Waals surface area contributed by atoms with E-state index in [-0.39, 0.29) is 0 Å². The van der Waals surface area contributed by atoms with Crippen LogP contribution in [0.4, 0.5) is 17.5 Å². The molecule has 0 amide bonds. The van der Waals surface area contributed by atoms with Gasteiger partial charge in [-0.05, 0) is 48.4 Å². The number of benzene rings is 2. The van der Waals surface area contributed by atoms with Crippen molar-refractivity contribution < 1.29 is 4.74 Å². The maximum atomic E-state index is 5.35. The van der Waals surface area contributed by atoms with Crippen molar-refractivity contribution in [2.75, 3.05) is 24.3 Å². The van der Waals surface area contributed by atoms with Crippen molar-refractivity contribution in [2.24, 2.45) is 7.05 Å². The number of hydrogen-bond donors (Lipinski definition) is 3. The second-order valence-electron chi connectivity index (χ2n) is 7.32. The molecule has 0 radical (unpaired) electrons. The highest BCUT2D eigenvalue weighted by Crippen LogP contribution is 2.25. The molecule has 3 heterocycles. The predicted molar refractivity (Wildman–Crippen MR) is 123 cm³/mol. The van der Waals surface area contributed by atoms with E-state index in [0.29, 0.717) is 18.3 Å². The highest BCUT2D eigenvalue weighted by atomic mass is 16.5. The largest absolute Gasteiger partial charge is 0.497 e. The molecule has 0 aliphatic carbocycles. The lowest BCUT2D eigenvalue weighted by atomic mass is 10.1. The van der Waals surface area contributed by atoms with Gasteiger partial charge in [0.15, 0.2) is 0 Å². The van der Waals surface area contributed by atoms with Crippen LogP contribution in [0.15, 0.2) is 61.2 Å². The van der Waals surface area contributed by atoms with E-state index in [1.807, 2.05) is 60.5 Å². The molecule has 0 saturated carbocycles. The van der Waals surface area contributed by atoms with Gasteiger partial charge in [-0.1, -0.05) is 6.07 Å². The Morgan fingerprint density at radius 3 is 2.97 bits per heavy atom. The zero-order chi connectivity index (χ0) is 21.2. The molecule has 8 nitrogen and oxygen atoms in total. The Hall–Kier alpha value is -4.07. The zero-order valence-electron chi connectivity index (χ0n) is 17.4. The number of nitrogens with one attached hydrogen (secondary N) is 3. The van der Waals surface area contributed by atoms with E-state index >= 15 is 0 Å². The van der Waals surface area contributed by atoms with E-state index in [9.17, 15) is 0 Å². The highest BCUT2D eigenvalue weighted by Gasteiger charge is 2.08. The van der Waals surface area contributed by atoms with Crippen LogP contribution in [0.5, 0.6) is 5.75 Å². The number of aryl methyl sites for hydroxylation is 1. The number of hydrogen-bond acceptors (Lipinski definition) is 6. The minimum atomic E-state index is 0.579. The molecule has 2 aromatic carbocycles. The van der Waals surface area contributed by atoms with E-state index < -0.39 is 0 Å². The number of fused-ring (bicyclic) bond motifs is 2. The van der Waals surface area contributed by atoms with Gasteiger partial charge in [-0.15, -0.1) is 0 Å². The number of rotatable bonds is 7. The van der Waals surface area contributed by atoms with Gasteiger partial charge in [0, 0.05) is 36.9 Å². The van der Waals surface area contributed by atoms with E-state index in [1.54, 1.807) is 13.3 Å². The lowest BCUT2D eigenvalue weighted by Gasteiger charge is -2.09. The number of aromatic nitrogens is 5. The first-order valence-electron chi connectivity index (χ1n) is 10.1. The molecule has 0 bridgehead atoms. The fraction of sp³-hybridized carbons (Fsp3) is 0.174. The maximum absolute atomic E-state index is 5.35. The standard InChI is InChI=1S/C23H23N7O/c1-30-14-27-22-19(4-3-5-20(22)30)28-21-9-11-25-23(29-21)24-10-8-15-13-26-18-7-6-16(31-2)12-17(15)18/h3-7,9,11-14,26H,8,10H2,1-2H3,(H2,24,25,28,29). The average Bonchev–Trinajstić information content (AvgIpc) is 3.38. The molecule has 8 heteroatoms. The van der Waals surface area contributed by atoms with E-state index in [1.165, 1.54) is 10.9 Å². The number of anilines is 3. The summed E-state index contributed by atoms with van der Waals surface area (Å²) in [6.07, 6.45) is 6.43. The lowest BCUT2D eigenvalue weighted by Crippen LogP contribution is -2.08. The molecular formula is C23H23N7O. The normalized spacial score (nSPS) is 11.2. The van der Waals surface area contributed by atoms with Crippen molar-refractivity contribution in [1.29, 1.82) is 0 Å². The third-order valence-corrected chi connectivity index (χ3v) is 5.33. The smallest absolute Gasteiger partial charge is 0.224 e. The van der Waals surface area contributed by atoms with Gasteiger partial charge in [-0.25, -0.2) is 9.97 Å². The van der Waals surface area contributed by atoms with Gasteiger partial charge in [-0.2, -0.15) is 4.98 Å². The lowest BCUT2D eigenvalue weighted by molar-refractivity contribution is 0.415. The van der Waals surface area contributed by atoms with Crippen LogP contribution in [-0.4, -0.2) is 38.2 Å². The van der Waals surface area contributed by atoms with Crippen molar-refractivity contribution in [3.63, 3.8) is 0 Å². The fourth-order valence-corrected chi connectivity index (χ4v) is 3.71. The van der Waals surface area contributed by atoms with Crippen LogP contribution in [0.3, 0.4) is 0 Å². The Balaban J connectivity index is 1.28. The minimum Gasteiger partial charge on any atom is -0.497 e. The Bertz CT molecular complexity index is 1350. The van der Waals surface area contributed by atoms with Gasteiger partial charge in [0.25, 0.3) is 0 Å². The Morgan fingerprint density at radius 2 is 2.06 bits per heavy atom. The number of ether oxygens (including phenoxy) is 1. The third kappa shape index (κ3) is 3.75. The summed E-state index contributed by atoms with van der Waals surface area (Å²) in [5.74, 6) is 2.15. The molecule has 0 saturated heterocycles. The molecule has 3 N–H and O–H groups in total. The molecule has 0 atom stereocenters. The molecule has 0 fully saturated rings. The molecule has 31 heavy (non-hydrogen) atoms. The summed E-state index contributed by atoms with van der Waals surface area (Å²) in [7, 11) is 3.66. The molecule has 0 aliphatic heterocycles. The number of para-hydroxylation sites is 1. The minimum absolute atomic E-state index is 0.579. The van der Waals surface area contributed by atoms with E-state index in [2.05, 4.69) is 36.6 Å². The molecule has 0 unspecified atom stereocenters. The predicted octanol–water partition coefficient (Wildman–Crippen LogP) is 4.25. The second-order valence-corrected chi connectivity index (χ2v) is 7.32. The molecule has 5 rings (SSSR count). The van der Waals surface area contributed by atoms with Crippen LogP contribution in [0.25, 0.3) is 21.9 Å². The van der Waals surface area contributed by atoms with Crippen LogP contribution in [0.2, 0.25) is 0 Å². The van der Waals surface area contributed by atoms with Crippen molar-refractivity contribution in [3.8, 4) is 5.75 Å². The first kappa shape index (κ1) is 18.9. The summed E-state index contributed by atoms with van der Waals surface area (Å²) in [6.45, 7) is 0.712. The third-order valence-electron chi connectivity index (χ3n) is 5.33. The summed E-state index contributed by atoms with van der Waals surface area (Å²) in [4.78, 5) is 16.7. The first-order valence-corrected chi connectivity index (χ1v) is 10.1. The summed E-state index contributed by atoms with van der Waals surface area (Å²) < 4.78 is 7.34. The topological polar surface area (TPSA) is 92.7 Å². The van der Waals surface area contributed by atoms with Gasteiger partial charge >= 0.3 is 0 Å². The number of H-pyrrole nitrogens is 1. The van der Waals surface area contributed by atoms with Crippen LogP contribution in [-0.2, 0) is 13.5 Å². The number of methoxy groups -OCH3 is 1. The summed E-state index contributed by atoms with van der Waals surface area (Å²) >= 11 is 0. The monoisotopic (exact) mass is 413 g/mol. The van der Waals surface area contributed by atoms with Crippen LogP contribution < -0.4 is 15.4 Å². The highest BCUT2D eigenvalue weighted by molar-refractivity contribution is 5.90. The van der Waals surface area contributed by atoms with Gasteiger partial charge in [0.2, 0.25) is 5.95 Å². The van der Waals surface area contributed by atoms with Gasteiger partial charge in [-0.3, -0.25) is 0 Å². The molecule has 156 valence electrons. The molecule has 3 aromatic heterocycles. The molecular weight excluding hydrogens is 390 g/mol. The van der Waals surface area contributed by atoms with Gasteiger partial charge in [0.05, 0.1) is 24.6 Å². The second kappa shape index (κ2) is 7.98. The number of imidazole rings is 1. The van der Waals surface area contributed by atoms with Crippen LogP contribution in [0, 0.1) is 0 Å². The molecule has 0 spiro atoms. The van der Waals surface area contributed by atoms with Crippen molar-refractivity contribution in [3.05, 3.63) is 66.7 Å². The average molecular weight is 413 g/mol.